The van der Waals surface area contributed by atoms with Crippen LogP contribution >= 0.6 is 23.4 Å². The summed E-state index contributed by atoms with van der Waals surface area (Å²) in [4.78, 5) is 3.69. The highest BCUT2D eigenvalue weighted by atomic mass is 35.5. The van der Waals surface area contributed by atoms with Crippen LogP contribution in [0.2, 0.25) is 5.02 Å². The molecule has 3 heteroatoms. The van der Waals surface area contributed by atoms with Gasteiger partial charge in [0, 0.05) is 28.3 Å². The van der Waals surface area contributed by atoms with E-state index in [4.69, 9.17) is 11.6 Å². The van der Waals surface area contributed by atoms with Gasteiger partial charge in [-0.3, -0.25) is 4.90 Å². The maximum atomic E-state index is 6.06. The standard InChI is InChI=1S/C17H20ClNS/c1-14(15-7-6-8-16(18)13-15)19(2)11-12-20-17-9-4-3-5-10-17/h3-10,13-14H,11-12H2,1-2H3. The number of thioether (sulfide) groups is 1. The summed E-state index contributed by atoms with van der Waals surface area (Å²) in [5, 5.41) is 0.807. The normalized spacial score (nSPS) is 12.6. The van der Waals surface area contributed by atoms with Crippen molar-refractivity contribution in [2.45, 2.75) is 17.9 Å². The first-order valence-corrected chi connectivity index (χ1v) is 8.17. The van der Waals surface area contributed by atoms with Gasteiger partial charge >= 0.3 is 0 Å². The average molecular weight is 306 g/mol. The summed E-state index contributed by atoms with van der Waals surface area (Å²) in [6.07, 6.45) is 0. The van der Waals surface area contributed by atoms with E-state index >= 15 is 0 Å². The summed E-state index contributed by atoms with van der Waals surface area (Å²) in [5.41, 5.74) is 1.27. The molecule has 2 rings (SSSR count). The molecule has 2 aromatic carbocycles. The molecule has 0 aromatic heterocycles. The fourth-order valence-electron chi connectivity index (χ4n) is 2.04. The van der Waals surface area contributed by atoms with Gasteiger partial charge in [-0.15, -0.1) is 11.8 Å². The molecule has 106 valence electrons. The van der Waals surface area contributed by atoms with Gasteiger partial charge in [0.1, 0.15) is 0 Å². The van der Waals surface area contributed by atoms with Crippen molar-refractivity contribution in [1.82, 2.24) is 4.90 Å². The van der Waals surface area contributed by atoms with Gasteiger partial charge in [-0.1, -0.05) is 41.9 Å². The van der Waals surface area contributed by atoms with Crippen molar-refractivity contribution >= 4 is 23.4 Å². The molecule has 0 radical (unpaired) electrons. The van der Waals surface area contributed by atoms with Gasteiger partial charge in [-0.2, -0.15) is 0 Å². The molecule has 20 heavy (non-hydrogen) atoms. The Kier molecular flexibility index (Phi) is 5.96. The lowest BCUT2D eigenvalue weighted by Crippen LogP contribution is -2.24. The zero-order valence-corrected chi connectivity index (χ0v) is 13.5. The van der Waals surface area contributed by atoms with Crippen LogP contribution in [0.25, 0.3) is 0 Å². The highest BCUT2D eigenvalue weighted by Gasteiger charge is 2.11. The molecule has 0 saturated carbocycles. The van der Waals surface area contributed by atoms with Crippen LogP contribution in [0.1, 0.15) is 18.5 Å². The average Bonchev–Trinajstić information content (AvgIpc) is 2.47. The third-order valence-corrected chi connectivity index (χ3v) is 4.68. The topological polar surface area (TPSA) is 3.24 Å². The number of nitrogens with zero attached hydrogens (tertiary/aromatic N) is 1. The number of halogens is 1. The molecule has 0 aliphatic carbocycles. The van der Waals surface area contributed by atoms with Crippen molar-refractivity contribution in [3.05, 3.63) is 65.2 Å². The van der Waals surface area contributed by atoms with E-state index < -0.39 is 0 Å². The quantitative estimate of drug-likeness (QED) is 0.681. The summed E-state index contributed by atoms with van der Waals surface area (Å²) in [7, 11) is 2.16. The van der Waals surface area contributed by atoms with Crippen LogP contribution < -0.4 is 0 Å². The minimum absolute atomic E-state index is 0.380. The Labute approximate surface area is 130 Å². The van der Waals surface area contributed by atoms with E-state index in [1.54, 1.807) is 0 Å². The second-order valence-electron chi connectivity index (χ2n) is 4.87. The Balaban J connectivity index is 1.84. The maximum absolute atomic E-state index is 6.06. The maximum Gasteiger partial charge on any atom is 0.0409 e. The van der Waals surface area contributed by atoms with Crippen LogP contribution in [0.4, 0.5) is 0 Å². The molecule has 1 nitrogen and oxygen atoms in total. The molecule has 0 aliphatic rings. The van der Waals surface area contributed by atoms with Crippen molar-refractivity contribution in [1.29, 1.82) is 0 Å². The molecule has 0 spiro atoms. The smallest absolute Gasteiger partial charge is 0.0409 e. The number of benzene rings is 2. The van der Waals surface area contributed by atoms with E-state index in [0.29, 0.717) is 6.04 Å². The summed E-state index contributed by atoms with van der Waals surface area (Å²) in [6, 6.07) is 19.0. The zero-order valence-electron chi connectivity index (χ0n) is 11.9. The van der Waals surface area contributed by atoms with Crippen LogP contribution in [-0.4, -0.2) is 24.2 Å². The number of hydrogen-bond donors (Lipinski definition) is 0. The molecule has 0 fully saturated rings. The largest absolute Gasteiger partial charge is 0.299 e. The van der Waals surface area contributed by atoms with E-state index in [-0.39, 0.29) is 0 Å². The first-order valence-electron chi connectivity index (χ1n) is 6.80. The summed E-state index contributed by atoms with van der Waals surface area (Å²) in [5.74, 6) is 1.09. The van der Waals surface area contributed by atoms with Gasteiger partial charge in [0.15, 0.2) is 0 Å². The predicted octanol–water partition coefficient (Wildman–Crippen LogP) is 5.13. The van der Waals surface area contributed by atoms with Crippen LogP contribution in [-0.2, 0) is 0 Å². The molecule has 0 amide bonds. The lowest BCUT2D eigenvalue weighted by atomic mass is 10.1. The Morgan fingerprint density at radius 3 is 2.55 bits per heavy atom. The van der Waals surface area contributed by atoms with Crippen molar-refractivity contribution in [2.75, 3.05) is 19.3 Å². The van der Waals surface area contributed by atoms with Crippen LogP contribution in [0, 0.1) is 0 Å². The highest BCUT2D eigenvalue weighted by molar-refractivity contribution is 7.99. The summed E-state index contributed by atoms with van der Waals surface area (Å²) >= 11 is 7.95. The van der Waals surface area contributed by atoms with Crippen molar-refractivity contribution in [3.8, 4) is 0 Å². The van der Waals surface area contributed by atoms with E-state index in [1.165, 1.54) is 10.5 Å². The van der Waals surface area contributed by atoms with Crippen molar-refractivity contribution in [2.24, 2.45) is 0 Å². The molecule has 1 atom stereocenters. The lowest BCUT2D eigenvalue weighted by molar-refractivity contribution is 0.278. The minimum atomic E-state index is 0.380. The molecule has 0 N–H and O–H groups in total. The van der Waals surface area contributed by atoms with Gasteiger partial charge < -0.3 is 0 Å². The Morgan fingerprint density at radius 2 is 1.85 bits per heavy atom. The van der Waals surface area contributed by atoms with Gasteiger partial charge in [0.25, 0.3) is 0 Å². The SMILES string of the molecule is CC(c1cccc(Cl)c1)N(C)CCSc1ccccc1. The fourth-order valence-corrected chi connectivity index (χ4v) is 3.20. The molecular formula is C17H20ClNS. The van der Waals surface area contributed by atoms with Gasteiger partial charge in [0.05, 0.1) is 0 Å². The van der Waals surface area contributed by atoms with Gasteiger partial charge in [-0.05, 0) is 43.8 Å². The molecule has 0 aliphatic heterocycles. The third-order valence-electron chi connectivity index (χ3n) is 3.45. The van der Waals surface area contributed by atoms with E-state index in [9.17, 15) is 0 Å². The molecular weight excluding hydrogens is 286 g/mol. The molecule has 2 aromatic rings. The van der Waals surface area contributed by atoms with Crippen LogP contribution in [0.15, 0.2) is 59.5 Å². The van der Waals surface area contributed by atoms with Crippen molar-refractivity contribution in [3.63, 3.8) is 0 Å². The summed E-state index contributed by atoms with van der Waals surface area (Å²) < 4.78 is 0. The van der Waals surface area contributed by atoms with Crippen LogP contribution in [0.3, 0.4) is 0 Å². The first-order chi connectivity index (χ1) is 9.66. The fraction of sp³-hybridized carbons (Fsp3) is 0.294. The van der Waals surface area contributed by atoms with Gasteiger partial charge in [-0.25, -0.2) is 0 Å². The van der Waals surface area contributed by atoms with Crippen LogP contribution in [0.5, 0.6) is 0 Å². The zero-order chi connectivity index (χ0) is 14.4. The third kappa shape index (κ3) is 4.55. The summed E-state index contributed by atoms with van der Waals surface area (Å²) in [6.45, 7) is 3.27. The Morgan fingerprint density at radius 1 is 1.10 bits per heavy atom. The van der Waals surface area contributed by atoms with E-state index in [2.05, 4.69) is 55.3 Å². The van der Waals surface area contributed by atoms with E-state index in [0.717, 1.165) is 17.3 Å². The van der Waals surface area contributed by atoms with Gasteiger partial charge in [0.2, 0.25) is 0 Å². The second kappa shape index (κ2) is 7.72. The Bertz CT molecular complexity index is 530. The number of rotatable bonds is 6. The second-order valence-corrected chi connectivity index (χ2v) is 6.48. The highest BCUT2D eigenvalue weighted by Crippen LogP contribution is 2.23. The van der Waals surface area contributed by atoms with E-state index in [1.807, 2.05) is 30.0 Å². The Hall–Kier alpha value is -0.960. The molecule has 1 unspecified atom stereocenters. The first kappa shape index (κ1) is 15.4. The predicted molar refractivity (Wildman–Crippen MR) is 89.7 cm³/mol. The monoisotopic (exact) mass is 305 g/mol. The molecule has 0 heterocycles. The van der Waals surface area contributed by atoms with Crippen molar-refractivity contribution < 1.29 is 0 Å². The number of hydrogen-bond acceptors (Lipinski definition) is 2. The molecule has 0 bridgehead atoms. The minimum Gasteiger partial charge on any atom is -0.299 e. The molecule has 0 saturated heterocycles. The lowest BCUT2D eigenvalue weighted by Gasteiger charge is -2.25.